The van der Waals surface area contributed by atoms with E-state index in [9.17, 15) is 0 Å². The first-order chi connectivity index (χ1) is 8.86. The molecule has 1 aliphatic rings. The number of nitrogens with zero attached hydrogens (tertiary/aromatic N) is 2. The Morgan fingerprint density at radius 1 is 0.684 bits per heavy atom. The molecule has 1 radical (unpaired) electrons. The van der Waals surface area contributed by atoms with Gasteiger partial charge >= 0.3 is 0 Å². The third-order valence-electron chi connectivity index (χ3n) is 3.76. The number of hydrogen-bond acceptors (Lipinski definition) is 4. The van der Waals surface area contributed by atoms with E-state index in [0.29, 0.717) is 0 Å². The van der Waals surface area contributed by atoms with E-state index in [1.54, 1.807) is 0 Å². The van der Waals surface area contributed by atoms with Crippen LogP contribution in [0.25, 0.3) is 0 Å². The van der Waals surface area contributed by atoms with Gasteiger partial charge in [-0.2, -0.15) is 0 Å². The summed E-state index contributed by atoms with van der Waals surface area (Å²) in [5.74, 6) is 0. The number of rotatable bonds is 2. The Hall–Kier alpha value is 0.359. The van der Waals surface area contributed by atoms with Gasteiger partial charge in [0.25, 0.3) is 0 Å². The maximum Gasteiger partial charge on any atom is 0.0107 e. The largest absolute Gasteiger partial charge is 0.315 e. The molecular formula is C14H32MnN4. The first-order valence-electron chi connectivity index (χ1n) is 7.73. The molecule has 0 amide bonds. The minimum Gasteiger partial charge on any atom is -0.315 e. The predicted octanol–water partition coefficient (Wildman–Crippen LogP) is 0.601. The van der Waals surface area contributed by atoms with Crippen LogP contribution in [0.4, 0.5) is 0 Å². The van der Waals surface area contributed by atoms with E-state index >= 15 is 0 Å². The van der Waals surface area contributed by atoms with Crippen LogP contribution < -0.4 is 10.6 Å². The minimum absolute atomic E-state index is 0. The number of likely N-dealkylation sites (N-methyl/N-ethyl adjacent to an activating group) is 2. The van der Waals surface area contributed by atoms with Crippen molar-refractivity contribution in [2.24, 2.45) is 0 Å². The molecule has 115 valence electrons. The smallest absolute Gasteiger partial charge is 0.0107 e. The van der Waals surface area contributed by atoms with Crippen molar-refractivity contribution >= 4 is 0 Å². The van der Waals surface area contributed by atoms with Crippen molar-refractivity contribution in [2.45, 2.75) is 26.7 Å². The van der Waals surface area contributed by atoms with Crippen molar-refractivity contribution in [1.29, 1.82) is 0 Å². The fourth-order valence-corrected chi connectivity index (χ4v) is 2.44. The second-order valence-electron chi connectivity index (χ2n) is 5.08. The van der Waals surface area contributed by atoms with Gasteiger partial charge in [-0.1, -0.05) is 13.8 Å². The Bertz CT molecular complexity index is 156. The van der Waals surface area contributed by atoms with Crippen LogP contribution >= 0.6 is 0 Å². The van der Waals surface area contributed by atoms with Crippen molar-refractivity contribution in [3.63, 3.8) is 0 Å². The van der Waals surface area contributed by atoms with Gasteiger partial charge in [-0.05, 0) is 52.1 Å². The van der Waals surface area contributed by atoms with Gasteiger partial charge in [0, 0.05) is 43.2 Å². The Morgan fingerprint density at radius 3 is 1.47 bits per heavy atom. The van der Waals surface area contributed by atoms with Crippen LogP contribution in [-0.4, -0.2) is 75.2 Å². The molecule has 0 aromatic heterocycles. The fraction of sp³-hybridized carbons (Fsp3) is 1.00. The molecule has 1 fully saturated rings. The summed E-state index contributed by atoms with van der Waals surface area (Å²) in [4.78, 5) is 5.08. The Balaban J connectivity index is 0.00000324. The average Bonchev–Trinajstić information content (AvgIpc) is 2.41. The summed E-state index contributed by atoms with van der Waals surface area (Å²) in [6, 6.07) is 0. The van der Waals surface area contributed by atoms with E-state index in [-0.39, 0.29) is 17.1 Å². The van der Waals surface area contributed by atoms with Crippen LogP contribution in [0.1, 0.15) is 26.7 Å². The Labute approximate surface area is 130 Å². The van der Waals surface area contributed by atoms with Crippen LogP contribution in [0.15, 0.2) is 0 Å². The molecule has 0 aliphatic carbocycles. The number of nitrogens with one attached hydrogen (secondary N) is 2. The van der Waals surface area contributed by atoms with E-state index in [1.807, 2.05) is 0 Å². The molecule has 0 aromatic carbocycles. The van der Waals surface area contributed by atoms with Crippen LogP contribution in [0, 0.1) is 0 Å². The zero-order valence-corrected chi connectivity index (χ0v) is 13.9. The molecule has 1 saturated heterocycles. The van der Waals surface area contributed by atoms with Gasteiger partial charge in [-0.3, -0.25) is 0 Å². The van der Waals surface area contributed by atoms with E-state index in [2.05, 4.69) is 34.3 Å². The molecule has 0 unspecified atom stereocenters. The molecule has 1 rings (SSSR count). The fourth-order valence-electron chi connectivity index (χ4n) is 2.44. The Morgan fingerprint density at radius 2 is 1.11 bits per heavy atom. The van der Waals surface area contributed by atoms with Crippen molar-refractivity contribution in [2.75, 3.05) is 65.4 Å². The van der Waals surface area contributed by atoms with Gasteiger partial charge in [-0.15, -0.1) is 0 Å². The SMILES string of the molecule is CCN1CCCNCCN(CC)CCCNCC1.[Mn]. The third-order valence-corrected chi connectivity index (χ3v) is 3.76. The van der Waals surface area contributed by atoms with Crippen molar-refractivity contribution in [3.8, 4) is 0 Å². The van der Waals surface area contributed by atoms with E-state index in [4.69, 9.17) is 0 Å². The first-order valence-corrected chi connectivity index (χ1v) is 7.73. The molecule has 19 heavy (non-hydrogen) atoms. The predicted molar refractivity (Wildman–Crippen MR) is 79.2 cm³/mol. The van der Waals surface area contributed by atoms with Gasteiger partial charge in [0.05, 0.1) is 0 Å². The molecule has 2 N–H and O–H groups in total. The molecule has 0 atom stereocenters. The molecule has 4 nitrogen and oxygen atoms in total. The van der Waals surface area contributed by atoms with Crippen molar-refractivity contribution in [3.05, 3.63) is 0 Å². The van der Waals surface area contributed by atoms with Gasteiger partial charge < -0.3 is 20.4 Å². The van der Waals surface area contributed by atoms with E-state index < -0.39 is 0 Å². The standard InChI is InChI=1S/C14H32N4.Mn/c1-3-17-11-5-7-16-10-14-18(4-2)12-6-8-15-9-13-17;/h15-16H,3-14H2,1-2H3;. The molecule has 0 aromatic rings. The average molecular weight is 311 g/mol. The summed E-state index contributed by atoms with van der Waals surface area (Å²) in [5.41, 5.74) is 0. The molecule has 0 spiro atoms. The van der Waals surface area contributed by atoms with E-state index in [1.165, 1.54) is 52.1 Å². The zero-order chi connectivity index (χ0) is 13.1. The second kappa shape index (κ2) is 13.3. The van der Waals surface area contributed by atoms with Gasteiger partial charge in [-0.25, -0.2) is 0 Å². The summed E-state index contributed by atoms with van der Waals surface area (Å²) < 4.78 is 0. The monoisotopic (exact) mass is 311 g/mol. The first kappa shape index (κ1) is 19.4. The quantitative estimate of drug-likeness (QED) is 0.731. The zero-order valence-electron chi connectivity index (χ0n) is 12.8. The third kappa shape index (κ3) is 9.83. The molecule has 1 heterocycles. The van der Waals surface area contributed by atoms with Gasteiger partial charge in [0.2, 0.25) is 0 Å². The number of hydrogen-bond donors (Lipinski definition) is 2. The summed E-state index contributed by atoms with van der Waals surface area (Å²) in [6.07, 6.45) is 2.53. The van der Waals surface area contributed by atoms with Crippen molar-refractivity contribution < 1.29 is 17.1 Å². The van der Waals surface area contributed by atoms with Crippen LogP contribution in [0.2, 0.25) is 0 Å². The molecule has 0 saturated carbocycles. The second-order valence-corrected chi connectivity index (χ2v) is 5.08. The maximum absolute atomic E-state index is 3.56. The molecule has 0 bridgehead atoms. The minimum atomic E-state index is 0. The van der Waals surface area contributed by atoms with Crippen molar-refractivity contribution in [1.82, 2.24) is 20.4 Å². The maximum atomic E-state index is 3.56. The molecular weight excluding hydrogens is 279 g/mol. The van der Waals surface area contributed by atoms with Crippen LogP contribution in [0.3, 0.4) is 0 Å². The van der Waals surface area contributed by atoms with Crippen LogP contribution in [0.5, 0.6) is 0 Å². The summed E-state index contributed by atoms with van der Waals surface area (Å²) >= 11 is 0. The Kier molecular flexibility index (Phi) is 13.6. The van der Waals surface area contributed by atoms with E-state index in [0.717, 1.165) is 26.2 Å². The molecule has 5 heteroatoms. The topological polar surface area (TPSA) is 30.5 Å². The summed E-state index contributed by atoms with van der Waals surface area (Å²) in [6.45, 7) is 16.3. The van der Waals surface area contributed by atoms with Gasteiger partial charge in [0.15, 0.2) is 0 Å². The summed E-state index contributed by atoms with van der Waals surface area (Å²) in [7, 11) is 0. The van der Waals surface area contributed by atoms with Gasteiger partial charge in [0.1, 0.15) is 0 Å². The normalized spacial score (nSPS) is 22.4. The molecule has 1 aliphatic heterocycles. The van der Waals surface area contributed by atoms with Crippen LogP contribution in [-0.2, 0) is 17.1 Å². The summed E-state index contributed by atoms with van der Waals surface area (Å²) in [5, 5.41) is 7.13.